The molecule has 7 atom stereocenters. The number of hydrogen-bond acceptors (Lipinski definition) is 8. The van der Waals surface area contributed by atoms with Crippen molar-refractivity contribution < 1.29 is 33.7 Å². The minimum absolute atomic E-state index is 0.0319. The van der Waals surface area contributed by atoms with Crippen LogP contribution in [0.15, 0.2) is 48.5 Å². The van der Waals surface area contributed by atoms with Crippen molar-refractivity contribution in [1.82, 2.24) is 15.5 Å². The summed E-state index contributed by atoms with van der Waals surface area (Å²) in [6.45, 7) is 10.5. The Labute approximate surface area is 290 Å². The Balaban J connectivity index is 1.38. The quantitative estimate of drug-likeness (QED) is 0.239. The predicted octanol–water partition coefficient (Wildman–Crippen LogP) is 5.59. The van der Waals surface area contributed by atoms with Crippen molar-refractivity contribution in [2.45, 2.75) is 116 Å². The Kier molecular flexibility index (Phi) is 12.4. The van der Waals surface area contributed by atoms with Crippen LogP contribution in [0.4, 0.5) is 10.5 Å². The summed E-state index contributed by atoms with van der Waals surface area (Å²) in [6.07, 6.45) is 5.36. The fourth-order valence-electron chi connectivity index (χ4n) is 7.53. The normalized spacial score (nSPS) is 27.4. The van der Waals surface area contributed by atoms with Crippen molar-refractivity contribution in [1.29, 1.82) is 0 Å². The Morgan fingerprint density at radius 2 is 1.63 bits per heavy atom. The minimum Gasteiger partial charge on any atom is -0.465 e. The molecule has 2 aromatic rings. The number of hydrogen-bond donors (Lipinski definition) is 4. The third-order valence-electron chi connectivity index (χ3n) is 9.96. The molecule has 1 aliphatic carbocycles. The van der Waals surface area contributed by atoms with E-state index in [1.807, 2.05) is 57.2 Å². The average Bonchev–Trinajstić information content (AvgIpc) is 3.08. The standard InChI is InChI=1S/C38H54N4O7/c1-6-47-33(44)21-39-37(46)40-29-18-15-28(16-19-29)36-48-32(24(2)34(49-36)27-13-11-25(23-43)12-14-27)22-42-30-10-8-7-9-26(30)17-20-31(42)35(45)41-38(3,4)5/h11-16,18-19,24,26,30-32,34,36,43H,6-10,17,20-23H2,1-5H3,(H,41,45)(H2,39,40,46)/t24-,26-,30-,31-,32+,34+,36+/m1/s1. The van der Waals surface area contributed by atoms with Gasteiger partial charge in [-0.3, -0.25) is 14.5 Å². The number of aliphatic hydroxyl groups is 1. The minimum atomic E-state index is -0.691. The van der Waals surface area contributed by atoms with E-state index < -0.39 is 18.3 Å². The number of esters is 1. The van der Waals surface area contributed by atoms with Crippen LogP contribution in [0.1, 0.15) is 102 Å². The van der Waals surface area contributed by atoms with Gasteiger partial charge in [0, 0.05) is 35.3 Å². The first kappa shape index (κ1) is 36.8. The molecule has 0 bridgehead atoms. The van der Waals surface area contributed by atoms with Gasteiger partial charge in [0.15, 0.2) is 6.29 Å². The maximum atomic E-state index is 13.8. The number of nitrogens with one attached hydrogen (secondary N) is 3. The molecule has 2 heterocycles. The summed E-state index contributed by atoms with van der Waals surface area (Å²) < 4.78 is 18.4. The number of benzene rings is 2. The first-order valence-electron chi connectivity index (χ1n) is 17.8. The third-order valence-corrected chi connectivity index (χ3v) is 9.96. The second-order valence-electron chi connectivity index (χ2n) is 14.7. The summed E-state index contributed by atoms with van der Waals surface area (Å²) in [4.78, 5) is 40.2. The van der Waals surface area contributed by atoms with Gasteiger partial charge in [-0.25, -0.2) is 4.79 Å². The first-order chi connectivity index (χ1) is 23.5. The topological polar surface area (TPSA) is 138 Å². The van der Waals surface area contributed by atoms with Crippen molar-refractivity contribution >= 4 is 23.6 Å². The zero-order valence-electron chi connectivity index (χ0n) is 29.6. The molecule has 4 N–H and O–H groups in total. The monoisotopic (exact) mass is 678 g/mol. The summed E-state index contributed by atoms with van der Waals surface area (Å²) in [6, 6.07) is 14.7. The largest absolute Gasteiger partial charge is 0.465 e. The van der Waals surface area contributed by atoms with E-state index in [-0.39, 0.29) is 55.4 Å². The highest BCUT2D eigenvalue weighted by atomic mass is 16.7. The number of carbonyl (C=O) groups excluding carboxylic acids is 3. The number of nitrogens with zero attached hydrogens (tertiary/aromatic N) is 1. The van der Waals surface area contributed by atoms with Crippen LogP contribution >= 0.6 is 0 Å². The molecule has 1 saturated carbocycles. The number of carbonyl (C=O) groups is 3. The Bertz CT molecular complexity index is 1410. The summed E-state index contributed by atoms with van der Waals surface area (Å²) in [5.41, 5.74) is 2.84. The van der Waals surface area contributed by atoms with E-state index in [1.54, 1.807) is 19.1 Å². The van der Waals surface area contributed by atoms with Crippen LogP contribution in [0.5, 0.6) is 0 Å². The zero-order chi connectivity index (χ0) is 35.1. The molecule has 0 aromatic heterocycles. The molecule has 2 aromatic carbocycles. The van der Waals surface area contributed by atoms with Crippen LogP contribution in [0, 0.1) is 11.8 Å². The maximum absolute atomic E-state index is 13.8. The molecular formula is C38H54N4O7. The molecule has 268 valence electrons. The number of piperidine rings is 1. The summed E-state index contributed by atoms with van der Waals surface area (Å²) in [5.74, 6) is 0.122. The Morgan fingerprint density at radius 3 is 2.31 bits per heavy atom. The molecule has 0 radical (unpaired) electrons. The molecule has 5 rings (SSSR count). The van der Waals surface area contributed by atoms with E-state index in [0.717, 1.165) is 36.0 Å². The molecule has 11 nitrogen and oxygen atoms in total. The van der Waals surface area contributed by atoms with Gasteiger partial charge in [-0.1, -0.05) is 56.2 Å². The van der Waals surface area contributed by atoms with E-state index in [4.69, 9.17) is 14.2 Å². The fourth-order valence-corrected chi connectivity index (χ4v) is 7.53. The summed E-state index contributed by atoms with van der Waals surface area (Å²) in [5, 5.41) is 18.1. The lowest BCUT2D eigenvalue weighted by Gasteiger charge is -2.51. The van der Waals surface area contributed by atoms with Crippen LogP contribution in [-0.2, 0) is 30.4 Å². The molecule has 3 fully saturated rings. The van der Waals surface area contributed by atoms with Crippen LogP contribution in [0.25, 0.3) is 0 Å². The number of anilines is 1. The van der Waals surface area contributed by atoms with Crippen molar-refractivity contribution in [2.24, 2.45) is 11.8 Å². The highest BCUT2D eigenvalue weighted by molar-refractivity contribution is 5.91. The van der Waals surface area contributed by atoms with Crippen LogP contribution in [0.2, 0.25) is 0 Å². The van der Waals surface area contributed by atoms with Crippen LogP contribution < -0.4 is 16.0 Å². The predicted molar refractivity (Wildman–Crippen MR) is 186 cm³/mol. The Morgan fingerprint density at radius 1 is 0.939 bits per heavy atom. The van der Waals surface area contributed by atoms with Gasteiger partial charge >= 0.3 is 12.0 Å². The van der Waals surface area contributed by atoms with E-state index in [1.165, 1.54) is 19.3 Å². The van der Waals surface area contributed by atoms with Crippen molar-refractivity contribution in [3.05, 3.63) is 65.2 Å². The smallest absolute Gasteiger partial charge is 0.325 e. The zero-order valence-corrected chi connectivity index (χ0v) is 29.6. The lowest BCUT2D eigenvalue weighted by Crippen LogP contribution is -2.61. The number of likely N-dealkylation sites (tertiary alicyclic amines) is 1. The van der Waals surface area contributed by atoms with Gasteiger partial charge in [-0.05, 0) is 82.6 Å². The molecule has 2 saturated heterocycles. The van der Waals surface area contributed by atoms with E-state index in [0.29, 0.717) is 24.2 Å². The van der Waals surface area contributed by atoms with Gasteiger partial charge in [-0.15, -0.1) is 0 Å². The van der Waals surface area contributed by atoms with Crippen LogP contribution in [0.3, 0.4) is 0 Å². The highest BCUT2D eigenvalue weighted by Crippen LogP contribution is 2.44. The Hall–Kier alpha value is -3.51. The van der Waals surface area contributed by atoms with Crippen molar-refractivity contribution in [3.8, 4) is 0 Å². The summed E-state index contributed by atoms with van der Waals surface area (Å²) in [7, 11) is 0. The van der Waals surface area contributed by atoms with Gasteiger partial charge in [0.1, 0.15) is 6.54 Å². The van der Waals surface area contributed by atoms with E-state index in [9.17, 15) is 19.5 Å². The molecule has 3 aliphatic rings. The summed E-state index contributed by atoms with van der Waals surface area (Å²) >= 11 is 0. The van der Waals surface area contributed by atoms with Crippen molar-refractivity contribution in [2.75, 3.05) is 25.0 Å². The third kappa shape index (κ3) is 9.60. The molecule has 3 amide bonds. The molecular weight excluding hydrogens is 624 g/mol. The lowest BCUT2D eigenvalue weighted by atomic mass is 9.75. The number of fused-ring (bicyclic) bond motifs is 1. The molecule has 49 heavy (non-hydrogen) atoms. The molecule has 0 unspecified atom stereocenters. The van der Waals surface area contributed by atoms with Gasteiger partial charge in [-0.2, -0.15) is 0 Å². The molecule has 2 aliphatic heterocycles. The second-order valence-corrected chi connectivity index (χ2v) is 14.7. The van der Waals surface area contributed by atoms with Gasteiger partial charge in [0.2, 0.25) is 5.91 Å². The van der Waals surface area contributed by atoms with E-state index in [2.05, 4.69) is 27.8 Å². The number of rotatable bonds is 10. The first-order valence-corrected chi connectivity index (χ1v) is 17.8. The molecule has 0 spiro atoms. The second kappa shape index (κ2) is 16.5. The maximum Gasteiger partial charge on any atom is 0.325 e. The number of ether oxygens (including phenoxy) is 3. The van der Waals surface area contributed by atoms with Gasteiger partial charge in [0.25, 0.3) is 0 Å². The fraction of sp³-hybridized carbons (Fsp3) is 0.605. The van der Waals surface area contributed by atoms with Gasteiger partial charge in [0.05, 0.1) is 31.5 Å². The lowest BCUT2D eigenvalue weighted by molar-refractivity contribution is -0.278. The van der Waals surface area contributed by atoms with E-state index >= 15 is 0 Å². The van der Waals surface area contributed by atoms with Crippen molar-refractivity contribution in [3.63, 3.8) is 0 Å². The van der Waals surface area contributed by atoms with Crippen LogP contribution in [-0.4, -0.2) is 71.3 Å². The number of urea groups is 1. The number of aliphatic hydroxyl groups excluding tert-OH is 1. The SMILES string of the molecule is CCOC(=O)CNC(=O)Nc1ccc([C@H]2O[C@@H](CN3[C@@H](C(=O)NC(C)(C)C)CC[C@H]4CCCC[C@H]43)[C@@H](C)[C@@H](c3ccc(CO)cc3)O2)cc1. The molecule has 11 heteroatoms. The average molecular weight is 679 g/mol. The highest BCUT2D eigenvalue weighted by Gasteiger charge is 2.46. The number of amides is 3. The van der Waals surface area contributed by atoms with Gasteiger partial charge < -0.3 is 35.3 Å².